The lowest BCUT2D eigenvalue weighted by atomic mass is 10.2. The largest absolute Gasteiger partial charge is 0.445 e. The van der Waals surface area contributed by atoms with Gasteiger partial charge in [-0.05, 0) is 5.56 Å². The van der Waals surface area contributed by atoms with Crippen LogP contribution in [0.3, 0.4) is 0 Å². The van der Waals surface area contributed by atoms with Crippen LogP contribution in [0.5, 0.6) is 0 Å². The summed E-state index contributed by atoms with van der Waals surface area (Å²) in [7, 11) is 0. The van der Waals surface area contributed by atoms with E-state index in [4.69, 9.17) is 4.74 Å². The second-order valence-electron chi connectivity index (χ2n) is 4.00. The topological polar surface area (TPSA) is 87.7 Å². The Labute approximate surface area is 104 Å². The molecule has 2 atom stereocenters. The normalized spacial score (nSPS) is 22.4. The maximum atomic E-state index is 11.4. The number of hydrogen-bond acceptors (Lipinski definition) is 4. The summed E-state index contributed by atoms with van der Waals surface area (Å²) in [6.45, 7) is 0.263. The average Bonchev–Trinajstić information content (AvgIpc) is 2.69. The van der Waals surface area contributed by atoms with E-state index in [9.17, 15) is 14.7 Å². The van der Waals surface area contributed by atoms with Crippen LogP contribution in [0.2, 0.25) is 0 Å². The molecule has 2 rings (SSSR count). The van der Waals surface area contributed by atoms with Crippen LogP contribution in [0.1, 0.15) is 5.56 Å². The van der Waals surface area contributed by atoms with Crippen LogP contribution in [0, 0.1) is 0 Å². The van der Waals surface area contributed by atoms with Gasteiger partial charge in [0, 0.05) is 6.54 Å². The molecule has 3 N–H and O–H groups in total. The molecule has 96 valence electrons. The fourth-order valence-electron chi connectivity index (χ4n) is 1.66. The van der Waals surface area contributed by atoms with E-state index in [1.807, 2.05) is 30.3 Å². The number of carbonyl (C=O) groups excluding carboxylic acids is 2. The van der Waals surface area contributed by atoms with Gasteiger partial charge in [-0.1, -0.05) is 30.3 Å². The molecule has 1 aromatic carbocycles. The number of aliphatic hydroxyl groups is 1. The van der Waals surface area contributed by atoms with Gasteiger partial charge in [-0.25, -0.2) is 4.79 Å². The van der Waals surface area contributed by atoms with E-state index in [1.165, 1.54) is 0 Å². The van der Waals surface area contributed by atoms with E-state index in [2.05, 4.69) is 10.6 Å². The first-order valence-electron chi connectivity index (χ1n) is 5.60. The van der Waals surface area contributed by atoms with Gasteiger partial charge in [0.15, 0.2) is 0 Å². The van der Waals surface area contributed by atoms with Gasteiger partial charge < -0.3 is 20.5 Å². The van der Waals surface area contributed by atoms with Crippen molar-refractivity contribution in [2.75, 3.05) is 6.54 Å². The molecule has 1 saturated heterocycles. The maximum absolute atomic E-state index is 11.4. The van der Waals surface area contributed by atoms with E-state index in [-0.39, 0.29) is 13.2 Å². The Morgan fingerprint density at radius 2 is 2.17 bits per heavy atom. The Morgan fingerprint density at radius 1 is 1.44 bits per heavy atom. The third kappa shape index (κ3) is 2.98. The number of benzene rings is 1. The third-order valence-electron chi connectivity index (χ3n) is 2.64. The molecular weight excluding hydrogens is 236 g/mol. The predicted octanol–water partition coefficient (Wildman–Crippen LogP) is -0.228. The Balaban J connectivity index is 1.80. The van der Waals surface area contributed by atoms with Crippen LogP contribution in [0.25, 0.3) is 0 Å². The molecule has 0 aliphatic carbocycles. The maximum Gasteiger partial charge on any atom is 0.408 e. The summed E-state index contributed by atoms with van der Waals surface area (Å²) < 4.78 is 4.95. The molecule has 0 bridgehead atoms. The minimum Gasteiger partial charge on any atom is -0.445 e. The van der Waals surface area contributed by atoms with Gasteiger partial charge in [0.1, 0.15) is 18.8 Å². The molecule has 0 radical (unpaired) electrons. The molecular formula is C12H14N2O4. The average molecular weight is 250 g/mol. The molecule has 0 spiro atoms. The van der Waals surface area contributed by atoms with Gasteiger partial charge in [-0.3, -0.25) is 4.79 Å². The Kier molecular flexibility index (Phi) is 3.78. The zero-order valence-electron chi connectivity index (χ0n) is 9.63. The Bertz CT molecular complexity index is 435. The van der Waals surface area contributed by atoms with Crippen LogP contribution in [-0.2, 0) is 16.1 Å². The van der Waals surface area contributed by atoms with Crippen molar-refractivity contribution in [3.8, 4) is 0 Å². The number of hydrogen-bond donors (Lipinski definition) is 3. The summed E-state index contributed by atoms with van der Waals surface area (Å²) in [6, 6.07) is 8.25. The Hall–Kier alpha value is -2.08. The lowest BCUT2D eigenvalue weighted by molar-refractivity contribution is -0.121. The number of ether oxygens (including phenoxy) is 1. The highest BCUT2D eigenvalue weighted by Crippen LogP contribution is 2.03. The second kappa shape index (κ2) is 5.50. The SMILES string of the molecule is O=C(N[C@@H]1C(=O)NC[C@H]1O)OCc1ccccc1. The number of carbonyl (C=O) groups is 2. The predicted molar refractivity (Wildman–Crippen MR) is 62.6 cm³/mol. The fourth-order valence-corrected chi connectivity index (χ4v) is 1.66. The van der Waals surface area contributed by atoms with Crippen molar-refractivity contribution in [3.05, 3.63) is 35.9 Å². The lowest BCUT2D eigenvalue weighted by Gasteiger charge is -2.13. The van der Waals surface area contributed by atoms with Gasteiger partial charge in [0.2, 0.25) is 5.91 Å². The second-order valence-corrected chi connectivity index (χ2v) is 4.00. The Morgan fingerprint density at radius 3 is 2.78 bits per heavy atom. The van der Waals surface area contributed by atoms with Crippen LogP contribution < -0.4 is 10.6 Å². The first kappa shape index (κ1) is 12.4. The highest BCUT2D eigenvalue weighted by Gasteiger charge is 2.34. The van der Waals surface area contributed by atoms with E-state index in [0.29, 0.717) is 0 Å². The molecule has 0 unspecified atom stereocenters. The van der Waals surface area contributed by atoms with Gasteiger partial charge in [-0.15, -0.1) is 0 Å². The van der Waals surface area contributed by atoms with Crippen LogP contribution in [-0.4, -0.2) is 35.8 Å². The molecule has 0 saturated carbocycles. The highest BCUT2D eigenvalue weighted by atomic mass is 16.5. The summed E-state index contributed by atoms with van der Waals surface area (Å²) >= 11 is 0. The van der Waals surface area contributed by atoms with Crippen molar-refractivity contribution in [2.45, 2.75) is 18.8 Å². The molecule has 6 heteroatoms. The zero-order chi connectivity index (χ0) is 13.0. The minimum absolute atomic E-state index is 0.122. The molecule has 1 fully saturated rings. The van der Waals surface area contributed by atoms with Crippen molar-refractivity contribution in [1.82, 2.24) is 10.6 Å². The van der Waals surface area contributed by atoms with Crippen molar-refractivity contribution in [1.29, 1.82) is 0 Å². The summed E-state index contributed by atoms with van der Waals surface area (Å²) in [5.41, 5.74) is 0.851. The van der Waals surface area contributed by atoms with E-state index in [1.54, 1.807) is 0 Å². The summed E-state index contributed by atoms with van der Waals surface area (Å²) in [6.07, 6.45) is -1.64. The number of aliphatic hydroxyl groups excluding tert-OH is 1. The van der Waals surface area contributed by atoms with Crippen LogP contribution in [0.15, 0.2) is 30.3 Å². The molecule has 1 aliphatic heterocycles. The number of β-amino-alcohol motifs (C(OH)–C–C–N with tert-alkyl or cyclic N) is 1. The first-order valence-corrected chi connectivity index (χ1v) is 5.60. The molecule has 1 heterocycles. The smallest absolute Gasteiger partial charge is 0.408 e. The first-order chi connectivity index (χ1) is 8.66. The van der Waals surface area contributed by atoms with Gasteiger partial charge in [0.25, 0.3) is 0 Å². The minimum atomic E-state index is -0.937. The molecule has 1 aromatic rings. The third-order valence-corrected chi connectivity index (χ3v) is 2.64. The van der Waals surface area contributed by atoms with Gasteiger partial charge in [-0.2, -0.15) is 0 Å². The molecule has 0 aromatic heterocycles. The molecule has 6 nitrogen and oxygen atoms in total. The highest BCUT2D eigenvalue weighted by molar-refractivity contribution is 5.88. The van der Waals surface area contributed by atoms with Gasteiger partial charge >= 0.3 is 6.09 Å². The van der Waals surface area contributed by atoms with Crippen LogP contribution >= 0.6 is 0 Å². The molecule has 1 aliphatic rings. The van der Waals surface area contributed by atoms with E-state index >= 15 is 0 Å². The van der Waals surface area contributed by atoms with E-state index < -0.39 is 24.1 Å². The van der Waals surface area contributed by atoms with Crippen molar-refractivity contribution < 1.29 is 19.4 Å². The molecule has 18 heavy (non-hydrogen) atoms. The molecule has 2 amide bonds. The van der Waals surface area contributed by atoms with Crippen molar-refractivity contribution in [3.63, 3.8) is 0 Å². The summed E-state index contributed by atoms with van der Waals surface area (Å²) in [4.78, 5) is 22.7. The number of rotatable bonds is 3. The number of alkyl carbamates (subject to hydrolysis) is 1. The van der Waals surface area contributed by atoms with Crippen molar-refractivity contribution >= 4 is 12.0 Å². The fraction of sp³-hybridized carbons (Fsp3) is 0.333. The summed E-state index contributed by atoms with van der Waals surface area (Å²) in [5, 5.41) is 14.2. The van der Waals surface area contributed by atoms with Crippen LogP contribution in [0.4, 0.5) is 4.79 Å². The van der Waals surface area contributed by atoms with E-state index in [0.717, 1.165) is 5.56 Å². The monoisotopic (exact) mass is 250 g/mol. The zero-order valence-corrected chi connectivity index (χ0v) is 9.63. The summed E-state index contributed by atoms with van der Waals surface area (Å²) in [5.74, 6) is -0.404. The standard InChI is InChI=1S/C12H14N2O4/c15-9-6-13-11(16)10(9)14-12(17)18-7-8-4-2-1-3-5-8/h1-5,9-10,15H,6-7H2,(H,13,16)(H,14,17)/t9-,10+/m1/s1. The lowest BCUT2D eigenvalue weighted by Crippen LogP contribution is -2.45. The van der Waals surface area contributed by atoms with Gasteiger partial charge in [0.05, 0.1) is 0 Å². The number of amides is 2. The van der Waals surface area contributed by atoms with Crippen molar-refractivity contribution in [2.24, 2.45) is 0 Å². The quantitative estimate of drug-likeness (QED) is 0.691. The number of nitrogens with one attached hydrogen (secondary N) is 2.